The van der Waals surface area contributed by atoms with Gasteiger partial charge in [-0.3, -0.25) is 0 Å². The molecule has 3 heteroatoms. The van der Waals surface area contributed by atoms with Crippen molar-refractivity contribution in [3.05, 3.63) is 0 Å². The fourth-order valence-corrected chi connectivity index (χ4v) is 1.42. The van der Waals surface area contributed by atoms with E-state index in [1.165, 1.54) is 0 Å². The molecule has 1 rings (SSSR count). The molecule has 0 spiro atoms. The fourth-order valence-electron chi connectivity index (χ4n) is 1.42. The number of urea groups is 1. The van der Waals surface area contributed by atoms with Crippen LogP contribution in [0.25, 0.3) is 0 Å². The Morgan fingerprint density at radius 1 is 1.50 bits per heavy atom. The Kier molecular flexibility index (Phi) is 2.31. The van der Waals surface area contributed by atoms with E-state index in [9.17, 15) is 4.79 Å². The third-order valence-electron chi connectivity index (χ3n) is 2.31. The molecule has 0 aromatic rings. The number of amides is 2. The predicted molar refractivity (Wildman–Crippen MR) is 49.1 cm³/mol. The normalized spacial score (nSPS) is 22.8. The minimum Gasteiger partial charge on any atom is -0.333 e. The minimum atomic E-state index is -0.0253. The Hall–Kier alpha value is -0.730. The SMILES string of the molecule is CC(C)N1CCC(C)(C)NC1=O. The third kappa shape index (κ3) is 1.90. The molecule has 0 radical (unpaired) electrons. The van der Waals surface area contributed by atoms with Gasteiger partial charge in [0.25, 0.3) is 0 Å². The van der Waals surface area contributed by atoms with Crippen LogP contribution in [-0.4, -0.2) is 29.1 Å². The second-order valence-electron chi connectivity index (χ2n) is 4.35. The fraction of sp³-hybridized carbons (Fsp3) is 0.889. The molecule has 2 amide bonds. The highest BCUT2D eigenvalue weighted by Gasteiger charge is 2.30. The second-order valence-corrected chi connectivity index (χ2v) is 4.35. The van der Waals surface area contributed by atoms with Crippen molar-refractivity contribution in [1.82, 2.24) is 10.2 Å². The molecule has 1 fully saturated rings. The van der Waals surface area contributed by atoms with Crippen molar-refractivity contribution in [3.8, 4) is 0 Å². The van der Waals surface area contributed by atoms with Crippen molar-refractivity contribution in [1.29, 1.82) is 0 Å². The van der Waals surface area contributed by atoms with Gasteiger partial charge in [-0.05, 0) is 34.1 Å². The van der Waals surface area contributed by atoms with Crippen LogP contribution in [0.15, 0.2) is 0 Å². The van der Waals surface area contributed by atoms with Crippen molar-refractivity contribution in [3.63, 3.8) is 0 Å². The van der Waals surface area contributed by atoms with Gasteiger partial charge >= 0.3 is 6.03 Å². The topological polar surface area (TPSA) is 32.3 Å². The number of carbonyl (C=O) groups is 1. The summed E-state index contributed by atoms with van der Waals surface area (Å²) < 4.78 is 0. The maximum Gasteiger partial charge on any atom is 0.318 e. The van der Waals surface area contributed by atoms with E-state index in [0.717, 1.165) is 13.0 Å². The van der Waals surface area contributed by atoms with Crippen LogP contribution < -0.4 is 5.32 Å². The molecular formula is C9H18N2O. The molecule has 12 heavy (non-hydrogen) atoms. The maximum atomic E-state index is 11.5. The Morgan fingerprint density at radius 2 is 2.08 bits per heavy atom. The Morgan fingerprint density at radius 3 is 2.50 bits per heavy atom. The molecule has 0 saturated carbocycles. The van der Waals surface area contributed by atoms with Crippen molar-refractivity contribution >= 4 is 6.03 Å². The van der Waals surface area contributed by atoms with E-state index in [1.807, 2.05) is 18.7 Å². The zero-order chi connectivity index (χ0) is 9.35. The molecule has 0 unspecified atom stereocenters. The third-order valence-corrected chi connectivity index (χ3v) is 2.31. The summed E-state index contributed by atoms with van der Waals surface area (Å²) in [6, 6.07) is 0.377. The summed E-state index contributed by atoms with van der Waals surface area (Å²) in [5.41, 5.74) is -0.0253. The lowest BCUT2D eigenvalue weighted by atomic mass is 9.98. The molecule has 0 aliphatic carbocycles. The zero-order valence-corrected chi connectivity index (χ0v) is 8.35. The standard InChI is InChI=1S/C9H18N2O/c1-7(2)11-6-5-9(3,4)10-8(11)12/h7H,5-6H2,1-4H3,(H,10,12). The van der Waals surface area contributed by atoms with Crippen LogP contribution in [0.4, 0.5) is 4.79 Å². The minimum absolute atomic E-state index is 0.0253. The van der Waals surface area contributed by atoms with Gasteiger partial charge in [-0.1, -0.05) is 0 Å². The highest BCUT2D eigenvalue weighted by atomic mass is 16.2. The van der Waals surface area contributed by atoms with E-state index in [1.54, 1.807) is 0 Å². The first kappa shape index (κ1) is 9.36. The summed E-state index contributed by atoms with van der Waals surface area (Å²) in [7, 11) is 0. The molecular weight excluding hydrogens is 152 g/mol. The summed E-state index contributed by atoms with van der Waals surface area (Å²) in [4.78, 5) is 13.3. The van der Waals surface area contributed by atoms with Crippen LogP contribution >= 0.6 is 0 Å². The van der Waals surface area contributed by atoms with Gasteiger partial charge in [-0.15, -0.1) is 0 Å². The van der Waals surface area contributed by atoms with Crippen molar-refractivity contribution in [2.24, 2.45) is 0 Å². The van der Waals surface area contributed by atoms with E-state index in [2.05, 4.69) is 19.2 Å². The Balaban J connectivity index is 2.60. The summed E-state index contributed by atoms with van der Waals surface area (Å²) in [5.74, 6) is 0. The highest BCUT2D eigenvalue weighted by Crippen LogP contribution is 2.17. The molecule has 1 N–H and O–H groups in total. The van der Waals surface area contributed by atoms with Crippen molar-refractivity contribution in [2.45, 2.75) is 45.7 Å². The first-order valence-electron chi connectivity index (χ1n) is 4.51. The van der Waals surface area contributed by atoms with E-state index in [0.29, 0.717) is 6.04 Å². The maximum absolute atomic E-state index is 11.5. The monoisotopic (exact) mass is 170 g/mol. The number of rotatable bonds is 1. The van der Waals surface area contributed by atoms with E-state index in [4.69, 9.17) is 0 Å². The molecule has 1 aliphatic rings. The van der Waals surface area contributed by atoms with Crippen LogP contribution in [0.5, 0.6) is 0 Å². The number of carbonyl (C=O) groups excluding carboxylic acids is 1. The lowest BCUT2D eigenvalue weighted by Crippen LogP contribution is -2.58. The van der Waals surface area contributed by atoms with Crippen LogP contribution in [0, 0.1) is 0 Å². The quantitative estimate of drug-likeness (QED) is 0.636. The average molecular weight is 170 g/mol. The van der Waals surface area contributed by atoms with Crippen molar-refractivity contribution < 1.29 is 4.79 Å². The van der Waals surface area contributed by atoms with E-state index < -0.39 is 0 Å². The van der Waals surface area contributed by atoms with Gasteiger partial charge in [0, 0.05) is 18.1 Å². The molecule has 0 aromatic carbocycles. The van der Waals surface area contributed by atoms with E-state index >= 15 is 0 Å². The van der Waals surface area contributed by atoms with Gasteiger partial charge in [0.15, 0.2) is 0 Å². The molecule has 70 valence electrons. The molecule has 1 heterocycles. The number of nitrogens with one attached hydrogen (secondary N) is 1. The largest absolute Gasteiger partial charge is 0.333 e. The highest BCUT2D eigenvalue weighted by molar-refractivity contribution is 5.76. The van der Waals surface area contributed by atoms with Gasteiger partial charge in [0.1, 0.15) is 0 Å². The predicted octanol–water partition coefficient (Wildman–Crippen LogP) is 1.59. The number of hydrogen-bond acceptors (Lipinski definition) is 1. The van der Waals surface area contributed by atoms with Crippen LogP contribution in [0.2, 0.25) is 0 Å². The summed E-state index contributed by atoms with van der Waals surface area (Å²) >= 11 is 0. The molecule has 1 aliphatic heterocycles. The van der Waals surface area contributed by atoms with Gasteiger partial charge in [0.2, 0.25) is 0 Å². The van der Waals surface area contributed by atoms with Crippen LogP contribution in [0.3, 0.4) is 0 Å². The van der Waals surface area contributed by atoms with Gasteiger partial charge < -0.3 is 10.2 Å². The smallest absolute Gasteiger partial charge is 0.318 e. The molecule has 0 bridgehead atoms. The van der Waals surface area contributed by atoms with Gasteiger partial charge in [0.05, 0.1) is 0 Å². The summed E-state index contributed by atoms with van der Waals surface area (Å²) in [6.07, 6.45) is 1.02. The molecule has 1 saturated heterocycles. The Labute approximate surface area is 74.1 Å². The van der Waals surface area contributed by atoms with Gasteiger partial charge in [-0.2, -0.15) is 0 Å². The first-order valence-corrected chi connectivity index (χ1v) is 4.51. The molecule has 0 atom stereocenters. The van der Waals surface area contributed by atoms with Crippen LogP contribution in [-0.2, 0) is 0 Å². The summed E-state index contributed by atoms with van der Waals surface area (Å²) in [6.45, 7) is 9.07. The Bertz CT molecular complexity index is 187. The lowest BCUT2D eigenvalue weighted by Gasteiger charge is -2.39. The number of nitrogens with zero attached hydrogens (tertiary/aromatic N) is 1. The molecule has 0 aromatic heterocycles. The first-order chi connectivity index (χ1) is 5.42. The van der Waals surface area contributed by atoms with Crippen molar-refractivity contribution in [2.75, 3.05) is 6.54 Å². The van der Waals surface area contributed by atoms with Gasteiger partial charge in [-0.25, -0.2) is 4.79 Å². The molecule has 3 nitrogen and oxygen atoms in total. The van der Waals surface area contributed by atoms with E-state index in [-0.39, 0.29) is 11.6 Å². The average Bonchev–Trinajstić information content (AvgIpc) is 1.83. The zero-order valence-electron chi connectivity index (χ0n) is 8.35. The lowest BCUT2D eigenvalue weighted by molar-refractivity contribution is 0.141. The number of hydrogen-bond donors (Lipinski definition) is 1. The van der Waals surface area contributed by atoms with Crippen LogP contribution in [0.1, 0.15) is 34.1 Å². The summed E-state index contributed by atoms with van der Waals surface area (Å²) in [5, 5.41) is 2.97. The second kappa shape index (κ2) is 2.96.